The fraction of sp³-hybridized carbons (Fsp3) is 0.500. The van der Waals surface area contributed by atoms with Gasteiger partial charge in [-0.1, -0.05) is 49.6 Å². The number of hydrogen-bond donors (Lipinski definition) is 0. The molecule has 0 bridgehead atoms. The molecule has 3 heteroatoms. The molecular formula is C14H19IOZn. The van der Waals surface area contributed by atoms with E-state index in [1.165, 1.54) is 33.2 Å². The van der Waals surface area contributed by atoms with Crippen molar-refractivity contribution in [1.29, 1.82) is 0 Å². The molecule has 0 spiro atoms. The van der Waals surface area contributed by atoms with E-state index >= 15 is 0 Å². The summed E-state index contributed by atoms with van der Waals surface area (Å²) in [4.78, 5) is 0. The molecule has 0 aliphatic heterocycles. The Balaban J connectivity index is 0.000000686. The van der Waals surface area contributed by atoms with Crippen molar-refractivity contribution >= 4 is 19.8 Å². The van der Waals surface area contributed by atoms with Crippen LogP contribution in [0.1, 0.15) is 25.3 Å². The van der Waals surface area contributed by atoms with Gasteiger partial charge in [0, 0.05) is 6.10 Å². The van der Waals surface area contributed by atoms with Crippen LogP contribution in [0, 0.1) is 18.8 Å². The van der Waals surface area contributed by atoms with Gasteiger partial charge in [0.2, 0.25) is 0 Å². The van der Waals surface area contributed by atoms with Gasteiger partial charge >= 0.3 is 34.5 Å². The molecule has 1 unspecified atom stereocenters. The van der Waals surface area contributed by atoms with Crippen molar-refractivity contribution in [3.8, 4) is 0 Å². The van der Waals surface area contributed by atoms with Crippen LogP contribution in [-0.4, -0.2) is 6.10 Å². The van der Waals surface area contributed by atoms with E-state index in [0.29, 0.717) is 17.9 Å². The van der Waals surface area contributed by atoms with E-state index in [4.69, 9.17) is 4.74 Å². The topological polar surface area (TPSA) is 9.23 Å². The third-order valence-corrected chi connectivity index (χ3v) is 3.42. The monoisotopic (exact) mass is 394 g/mol. The Morgan fingerprint density at radius 1 is 1.29 bits per heavy atom. The molecule has 1 aromatic rings. The van der Waals surface area contributed by atoms with E-state index in [1.54, 1.807) is 0 Å². The predicted molar refractivity (Wildman–Crippen MR) is 76.3 cm³/mol. The average molecular weight is 396 g/mol. The van der Waals surface area contributed by atoms with Gasteiger partial charge in [0.1, 0.15) is 0 Å². The van der Waals surface area contributed by atoms with Crippen molar-refractivity contribution in [2.45, 2.75) is 32.5 Å². The molecule has 1 aliphatic rings. The van der Waals surface area contributed by atoms with E-state index in [0.717, 1.165) is 6.61 Å². The van der Waals surface area contributed by atoms with E-state index in [2.05, 4.69) is 57.9 Å². The Morgan fingerprint density at radius 3 is 2.47 bits per heavy atom. The molecule has 0 aromatic heterocycles. The normalized spacial score (nSPS) is 27.5. The summed E-state index contributed by atoms with van der Waals surface area (Å²) >= 11 is 3.62. The van der Waals surface area contributed by atoms with Gasteiger partial charge in [0.25, 0.3) is 0 Å². The third kappa shape index (κ3) is 4.96. The molecule has 1 saturated carbocycles. The zero-order valence-corrected chi connectivity index (χ0v) is 15.6. The molecule has 0 N–H and O–H groups in total. The van der Waals surface area contributed by atoms with E-state index < -0.39 is 0 Å². The maximum atomic E-state index is 5.91. The van der Waals surface area contributed by atoms with Gasteiger partial charge in [0.15, 0.2) is 0 Å². The Morgan fingerprint density at radius 2 is 1.94 bits per heavy atom. The van der Waals surface area contributed by atoms with Crippen LogP contribution in [0.15, 0.2) is 30.3 Å². The first kappa shape index (κ1) is 15.6. The van der Waals surface area contributed by atoms with Crippen molar-refractivity contribution in [3.05, 3.63) is 42.8 Å². The summed E-state index contributed by atoms with van der Waals surface area (Å²) in [7, 11) is 0. The zero-order valence-electron chi connectivity index (χ0n) is 10.4. The van der Waals surface area contributed by atoms with Crippen LogP contribution in [-0.2, 0) is 26.1 Å². The summed E-state index contributed by atoms with van der Waals surface area (Å²) in [6.07, 6.45) is 2.79. The van der Waals surface area contributed by atoms with Crippen LogP contribution in [0.3, 0.4) is 0 Å². The number of rotatable bonds is 3. The molecule has 2 rings (SSSR count). The number of halogens is 1. The Hall–Kier alpha value is 0.533. The molecule has 90 valence electrons. The summed E-state index contributed by atoms with van der Waals surface area (Å²) in [5, 5.41) is 0. The van der Waals surface area contributed by atoms with E-state index in [-0.39, 0.29) is 0 Å². The molecule has 0 radical (unpaired) electrons. The van der Waals surface area contributed by atoms with Crippen molar-refractivity contribution < 1.29 is 19.5 Å². The number of benzene rings is 1. The van der Waals surface area contributed by atoms with Gasteiger partial charge in [-0.25, -0.2) is 0 Å². The van der Waals surface area contributed by atoms with E-state index in [1.807, 2.05) is 6.07 Å². The van der Waals surface area contributed by atoms with Crippen LogP contribution in [0.4, 0.5) is 0 Å². The molecule has 1 aliphatic carbocycles. The molecule has 1 nitrogen and oxygen atoms in total. The molecule has 0 amide bonds. The van der Waals surface area contributed by atoms with Crippen molar-refractivity contribution in [2.24, 2.45) is 11.8 Å². The summed E-state index contributed by atoms with van der Waals surface area (Å²) < 4.78 is 5.91. The summed E-state index contributed by atoms with van der Waals surface area (Å²) in [6, 6.07) is 10.4. The quantitative estimate of drug-likeness (QED) is 0.420. The molecule has 3 atom stereocenters. The first-order valence-corrected chi connectivity index (χ1v) is 15.1. The molecular weight excluding hydrogens is 376 g/mol. The maximum absolute atomic E-state index is 5.91. The van der Waals surface area contributed by atoms with Crippen LogP contribution in [0.5, 0.6) is 0 Å². The zero-order chi connectivity index (χ0) is 12.7. The Bertz CT molecular complexity index is 304. The van der Waals surface area contributed by atoms with Crippen molar-refractivity contribution in [1.82, 2.24) is 0 Å². The summed E-state index contributed by atoms with van der Waals surface area (Å²) in [5.41, 5.74) is 1.25. The van der Waals surface area contributed by atoms with Gasteiger partial charge in [-0.2, -0.15) is 0 Å². The molecule has 1 aromatic carbocycles. The third-order valence-electron chi connectivity index (χ3n) is 3.42. The SMILES string of the molecule is [CH2-]C1[C@@H](OCc2ccccc2)CC[C@@H]1C.[Zn+][I]. The first-order valence-electron chi connectivity index (χ1n) is 6.02. The van der Waals surface area contributed by atoms with Crippen LogP contribution >= 0.6 is 19.8 Å². The second kappa shape index (κ2) is 8.60. The average Bonchev–Trinajstić information content (AvgIpc) is 2.71. The molecule has 0 saturated heterocycles. The van der Waals surface area contributed by atoms with Crippen molar-refractivity contribution in [3.63, 3.8) is 0 Å². The summed E-state index contributed by atoms with van der Waals surface area (Å²) in [6.45, 7) is 7.18. The van der Waals surface area contributed by atoms with Gasteiger partial charge in [0.05, 0.1) is 6.61 Å². The van der Waals surface area contributed by atoms with Crippen LogP contribution in [0.2, 0.25) is 0 Å². The van der Waals surface area contributed by atoms with Crippen molar-refractivity contribution in [2.75, 3.05) is 0 Å². The van der Waals surface area contributed by atoms with Gasteiger partial charge in [-0.05, 0) is 12.0 Å². The second-order valence-corrected chi connectivity index (χ2v) is 4.55. The van der Waals surface area contributed by atoms with Gasteiger partial charge in [-0.15, -0.1) is 5.92 Å². The molecule has 1 fully saturated rings. The molecule has 0 heterocycles. The Kier molecular flexibility index (Phi) is 7.89. The van der Waals surface area contributed by atoms with Crippen LogP contribution < -0.4 is 0 Å². The van der Waals surface area contributed by atoms with Gasteiger partial charge < -0.3 is 11.7 Å². The summed E-state index contributed by atoms with van der Waals surface area (Å²) in [5.74, 6) is 1.18. The Labute approximate surface area is 126 Å². The standard InChI is InChI=1S/C14H19O.HI.Zn/c1-11-8-9-14(12(11)2)15-10-13-6-4-3-5-7-13;;/h3-7,11-12,14H,2,8-10H2,1H3;1H;/q-1;;+2/p-1/t11-,12?,14-;;/m0../s1. The first-order chi connectivity index (χ1) is 8.27. The second-order valence-electron chi connectivity index (χ2n) is 4.55. The predicted octanol–water partition coefficient (Wildman–Crippen LogP) is 4.34. The number of hydrogen-bond acceptors (Lipinski definition) is 1. The minimum atomic E-state index is 0.361. The fourth-order valence-corrected chi connectivity index (χ4v) is 2.21. The minimum absolute atomic E-state index is 0.361. The van der Waals surface area contributed by atoms with Gasteiger partial charge in [-0.3, -0.25) is 0 Å². The molecule has 17 heavy (non-hydrogen) atoms. The van der Waals surface area contributed by atoms with Crippen LogP contribution in [0.25, 0.3) is 0 Å². The fourth-order valence-electron chi connectivity index (χ4n) is 2.21. The van der Waals surface area contributed by atoms with E-state index in [9.17, 15) is 0 Å². The number of ether oxygens (including phenoxy) is 1.